The molecule has 0 amide bonds. The van der Waals surface area contributed by atoms with E-state index in [2.05, 4.69) is 0 Å². The van der Waals surface area contributed by atoms with Gasteiger partial charge in [0.05, 0.1) is 4.92 Å². The van der Waals surface area contributed by atoms with Gasteiger partial charge in [0.2, 0.25) is 0 Å². The summed E-state index contributed by atoms with van der Waals surface area (Å²) in [5.41, 5.74) is 3.23. The number of nitrogens with zero attached hydrogens (tertiary/aromatic N) is 1. The maximum absolute atomic E-state index is 10.9. The second kappa shape index (κ2) is 5.92. The highest BCUT2D eigenvalue weighted by Crippen LogP contribution is 2.30. The Morgan fingerprint density at radius 2 is 1.90 bits per heavy atom. The molecule has 0 unspecified atom stereocenters. The van der Waals surface area contributed by atoms with E-state index in [-0.39, 0.29) is 18.0 Å². The molecule has 0 aliphatic carbocycles. The Balaban J connectivity index is 2.20. The highest BCUT2D eigenvalue weighted by Gasteiger charge is 2.15. The number of hydrogen-bond acceptors (Lipinski definition) is 3. The van der Waals surface area contributed by atoms with E-state index >= 15 is 0 Å². The molecule has 0 spiro atoms. The second-order valence-corrected chi connectivity index (χ2v) is 5.01. The number of hydrogen-bond donors (Lipinski definition) is 0. The molecular formula is C15H14ClNO3. The molecule has 0 radical (unpaired) electrons. The summed E-state index contributed by atoms with van der Waals surface area (Å²) in [5.74, 6) is 0.181. The van der Waals surface area contributed by atoms with Crippen molar-refractivity contribution >= 4 is 17.3 Å². The van der Waals surface area contributed by atoms with Gasteiger partial charge in [-0.15, -0.1) is 0 Å². The van der Waals surface area contributed by atoms with Gasteiger partial charge in [-0.2, -0.15) is 0 Å². The Labute approximate surface area is 122 Å². The van der Waals surface area contributed by atoms with Crippen molar-refractivity contribution in [3.63, 3.8) is 0 Å². The summed E-state index contributed by atoms with van der Waals surface area (Å²) < 4.78 is 5.53. The van der Waals surface area contributed by atoms with E-state index in [1.807, 2.05) is 32.0 Å². The van der Waals surface area contributed by atoms with Crippen molar-refractivity contribution in [2.75, 3.05) is 0 Å². The molecule has 0 aliphatic rings. The van der Waals surface area contributed by atoms with Gasteiger partial charge in [0.15, 0.2) is 5.75 Å². The SMILES string of the molecule is Cc1ccc(COc2cc(Cl)ccc2[N+](=O)[O-])cc1C. The average Bonchev–Trinajstić information content (AvgIpc) is 2.40. The summed E-state index contributed by atoms with van der Waals surface area (Å²) in [5, 5.41) is 11.3. The van der Waals surface area contributed by atoms with Crippen molar-refractivity contribution in [1.29, 1.82) is 0 Å². The van der Waals surface area contributed by atoms with Crippen LogP contribution >= 0.6 is 11.6 Å². The number of nitro groups is 1. The molecule has 20 heavy (non-hydrogen) atoms. The topological polar surface area (TPSA) is 52.4 Å². The quantitative estimate of drug-likeness (QED) is 0.618. The van der Waals surface area contributed by atoms with E-state index in [1.165, 1.54) is 23.8 Å². The number of ether oxygens (including phenoxy) is 1. The molecule has 0 aliphatic heterocycles. The molecule has 2 aromatic rings. The maximum Gasteiger partial charge on any atom is 0.311 e. The van der Waals surface area contributed by atoms with Crippen LogP contribution in [0.5, 0.6) is 5.75 Å². The molecule has 0 fully saturated rings. The molecule has 5 heteroatoms. The fourth-order valence-electron chi connectivity index (χ4n) is 1.81. The van der Waals surface area contributed by atoms with Crippen LogP contribution in [0, 0.1) is 24.0 Å². The fraction of sp³-hybridized carbons (Fsp3) is 0.200. The lowest BCUT2D eigenvalue weighted by molar-refractivity contribution is -0.385. The van der Waals surface area contributed by atoms with Crippen LogP contribution in [0.15, 0.2) is 36.4 Å². The highest BCUT2D eigenvalue weighted by molar-refractivity contribution is 6.30. The van der Waals surface area contributed by atoms with Crippen LogP contribution in [0.3, 0.4) is 0 Å². The molecule has 104 valence electrons. The van der Waals surface area contributed by atoms with Gasteiger partial charge in [0, 0.05) is 17.2 Å². The smallest absolute Gasteiger partial charge is 0.311 e. The summed E-state index contributed by atoms with van der Waals surface area (Å²) in [4.78, 5) is 10.4. The first kappa shape index (κ1) is 14.3. The number of benzene rings is 2. The Bertz CT molecular complexity index is 656. The van der Waals surface area contributed by atoms with Gasteiger partial charge < -0.3 is 4.74 Å². The van der Waals surface area contributed by atoms with E-state index in [9.17, 15) is 10.1 Å². The number of halogens is 1. The Morgan fingerprint density at radius 1 is 1.15 bits per heavy atom. The van der Waals surface area contributed by atoms with Gasteiger partial charge in [-0.1, -0.05) is 29.8 Å². The van der Waals surface area contributed by atoms with E-state index < -0.39 is 4.92 Å². The van der Waals surface area contributed by atoms with E-state index in [1.54, 1.807) is 0 Å². The van der Waals surface area contributed by atoms with Crippen LogP contribution < -0.4 is 4.74 Å². The van der Waals surface area contributed by atoms with Crippen molar-refractivity contribution < 1.29 is 9.66 Å². The third-order valence-electron chi connectivity index (χ3n) is 3.08. The van der Waals surface area contributed by atoms with Crippen LogP contribution in [0.2, 0.25) is 5.02 Å². The Kier molecular flexibility index (Phi) is 4.25. The standard InChI is InChI=1S/C15H14ClNO3/c1-10-3-4-12(7-11(10)2)9-20-15-8-13(16)5-6-14(15)17(18)19/h3-8H,9H2,1-2H3. The molecule has 0 heterocycles. The summed E-state index contributed by atoms with van der Waals surface area (Å²) in [7, 11) is 0. The van der Waals surface area contributed by atoms with Crippen LogP contribution in [0.25, 0.3) is 0 Å². The van der Waals surface area contributed by atoms with Gasteiger partial charge in [0.25, 0.3) is 0 Å². The van der Waals surface area contributed by atoms with Gasteiger partial charge in [-0.25, -0.2) is 0 Å². The number of nitro benzene ring substituents is 1. The molecule has 2 rings (SSSR count). The van der Waals surface area contributed by atoms with Crippen molar-refractivity contribution in [1.82, 2.24) is 0 Å². The minimum absolute atomic E-state index is 0.0850. The zero-order valence-corrected chi connectivity index (χ0v) is 12.0. The molecular weight excluding hydrogens is 278 g/mol. The fourth-order valence-corrected chi connectivity index (χ4v) is 1.97. The predicted molar refractivity (Wildman–Crippen MR) is 78.4 cm³/mol. The molecule has 0 atom stereocenters. The van der Waals surface area contributed by atoms with Crippen LogP contribution in [0.1, 0.15) is 16.7 Å². The van der Waals surface area contributed by atoms with Crippen LogP contribution in [0.4, 0.5) is 5.69 Å². The predicted octanol–water partition coefficient (Wildman–Crippen LogP) is 4.44. The normalized spacial score (nSPS) is 10.3. The first-order valence-electron chi connectivity index (χ1n) is 6.10. The molecule has 4 nitrogen and oxygen atoms in total. The minimum atomic E-state index is -0.480. The first-order valence-corrected chi connectivity index (χ1v) is 6.48. The minimum Gasteiger partial charge on any atom is -0.482 e. The molecule has 0 N–H and O–H groups in total. The maximum atomic E-state index is 10.9. The lowest BCUT2D eigenvalue weighted by Gasteiger charge is -2.09. The molecule has 0 aromatic heterocycles. The Hall–Kier alpha value is -2.07. The van der Waals surface area contributed by atoms with E-state index in [0.717, 1.165) is 11.1 Å². The van der Waals surface area contributed by atoms with Crippen molar-refractivity contribution in [2.45, 2.75) is 20.5 Å². The second-order valence-electron chi connectivity index (χ2n) is 4.58. The number of rotatable bonds is 4. The first-order chi connectivity index (χ1) is 9.47. The van der Waals surface area contributed by atoms with Crippen LogP contribution in [-0.4, -0.2) is 4.92 Å². The largest absolute Gasteiger partial charge is 0.482 e. The summed E-state index contributed by atoms with van der Waals surface area (Å²) in [6.07, 6.45) is 0. The summed E-state index contributed by atoms with van der Waals surface area (Å²) in [6.45, 7) is 4.31. The van der Waals surface area contributed by atoms with E-state index in [0.29, 0.717) is 5.02 Å². The van der Waals surface area contributed by atoms with Crippen molar-refractivity contribution in [2.24, 2.45) is 0 Å². The van der Waals surface area contributed by atoms with Gasteiger partial charge in [-0.3, -0.25) is 10.1 Å². The lowest BCUT2D eigenvalue weighted by Crippen LogP contribution is -1.99. The van der Waals surface area contributed by atoms with Crippen molar-refractivity contribution in [3.8, 4) is 5.75 Å². The van der Waals surface area contributed by atoms with Crippen molar-refractivity contribution in [3.05, 3.63) is 68.2 Å². The average molecular weight is 292 g/mol. The van der Waals surface area contributed by atoms with Crippen LogP contribution in [-0.2, 0) is 6.61 Å². The third kappa shape index (κ3) is 3.27. The monoisotopic (exact) mass is 291 g/mol. The van der Waals surface area contributed by atoms with Gasteiger partial charge in [0.1, 0.15) is 6.61 Å². The lowest BCUT2D eigenvalue weighted by atomic mass is 10.1. The van der Waals surface area contributed by atoms with E-state index in [4.69, 9.17) is 16.3 Å². The zero-order valence-electron chi connectivity index (χ0n) is 11.2. The Morgan fingerprint density at radius 3 is 2.55 bits per heavy atom. The molecule has 0 saturated carbocycles. The summed E-state index contributed by atoms with van der Waals surface area (Å²) in [6, 6.07) is 10.2. The highest BCUT2D eigenvalue weighted by atomic mass is 35.5. The number of aryl methyl sites for hydroxylation is 2. The molecule has 2 aromatic carbocycles. The summed E-state index contributed by atoms with van der Waals surface area (Å²) >= 11 is 5.85. The molecule has 0 saturated heterocycles. The molecule has 0 bridgehead atoms. The van der Waals surface area contributed by atoms with Gasteiger partial charge >= 0.3 is 5.69 Å². The zero-order chi connectivity index (χ0) is 14.7. The van der Waals surface area contributed by atoms with Gasteiger partial charge in [-0.05, 0) is 36.6 Å². The third-order valence-corrected chi connectivity index (χ3v) is 3.32.